The van der Waals surface area contributed by atoms with Gasteiger partial charge in [-0.3, -0.25) is 4.99 Å². The number of nitrogens with zero attached hydrogens (tertiary/aromatic N) is 4. The van der Waals surface area contributed by atoms with Crippen LogP contribution in [0.25, 0.3) is 0 Å². The molecule has 0 spiro atoms. The smallest absolute Gasteiger partial charge is 0.191 e. The molecule has 7 nitrogen and oxygen atoms in total. The van der Waals surface area contributed by atoms with Crippen LogP contribution in [-0.4, -0.2) is 53.6 Å². The van der Waals surface area contributed by atoms with Crippen molar-refractivity contribution in [2.24, 2.45) is 4.99 Å². The summed E-state index contributed by atoms with van der Waals surface area (Å²) in [5.74, 6) is 1.87. The molecular weight excluding hydrogens is 503 g/mol. The van der Waals surface area contributed by atoms with E-state index in [4.69, 9.17) is 16.3 Å². The lowest BCUT2D eigenvalue weighted by Gasteiger charge is -2.39. The molecule has 2 aliphatic heterocycles. The standard InChI is InChI=1S/C20H27ClN6O.HI/c1-22-19(26-15-6-7-18-24-14-25-27(18)12-15)23-13-20(8-10-28-11-9-20)16-4-2-3-5-17(16)21;/h2-5,14-15H,6-13H2,1H3,(H2,22,23,26);1H. The van der Waals surface area contributed by atoms with Gasteiger partial charge in [0.1, 0.15) is 12.2 Å². The van der Waals surface area contributed by atoms with Gasteiger partial charge < -0.3 is 15.4 Å². The number of hydrogen-bond acceptors (Lipinski definition) is 4. The van der Waals surface area contributed by atoms with Gasteiger partial charge in [0, 0.05) is 49.7 Å². The van der Waals surface area contributed by atoms with Crippen LogP contribution in [0, 0.1) is 0 Å². The summed E-state index contributed by atoms with van der Waals surface area (Å²) in [6.07, 6.45) is 5.45. The average Bonchev–Trinajstić information content (AvgIpc) is 3.20. The van der Waals surface area contributed by atoms with Gasteiger partial charge in [0.05, 0.1) is 6.54 Å². The second-order valence-electron chi connectivity index (χ2n) is 7.54. The number of guanidine groups is 1. The van der Waals surface area contributed by atoms with Gasteiger partial charge in [-0.25, -0.2) is 9.67 Å². The Hall–Kier alpha value is -1.39. The highest BCUT2D eigenvalue weighted by atomic mass is 127. The maximum Gasteiger partial charge on any atom is 0.191 e. The number of rotatable bonds is 4. The molecule has 29 heavy (non-hydrogen) atoms. The number of ether oxygens (including phenoxy) is 1. The summed E-state index contributed by atoms with van der Waals surface area (Å²) in [6, 6.07) is 8.43. The molecule has 158 valence electrons. The largest absolute Gasteiger partial charge is 0.381 e. The third-order valence-electron chi connectivity index (χ3n) is 5.86. The van der Waals surface area contributed by atoms with E-state index in [1.807, 2.05) is 23.9 Å². The second kappa shape index (κ2) is 10.1. The number of nitrogens with one attached hydrogen (secondary N) is 2. The number of benzene rings is 1. The summed E-state index contributed by atoms with van der Waals surface area (Å²) >= 11 is 6.56. The third kappa shape index (κ3) is 5.03. The fourth-order valence-corrected chi connectivity index (χ4v) is 4.53. The topological polar surface area (TPSA) is 76.4 Å². The summed E-state index contributed by atoms with van der Waals surface area (Å²) in [5.41, 5.74) is 1.13. The van der Waals surface area contributed by atoms with Gasteiger partial charge in [0.2, 0.25) is 0 Å². The summed E-state index contributed by atoms with van der Waals surface area (Å²) < 4.78 is 7.60. The number of fused-ring (bicyclic) bond motifs is 1. The zero-order valence-electron chi connectivity index (χ0n) is 16.6. The lowest BCUT2D eigenvalue weighted by molar-refractivity contribution is 0.0514. The van der Waals surface area contributed by atoms with E-state index >= 15 is 0 Å². The van der Waals surface area contributed by atoms with E-state index in [0.717, 1.165) is 68.8 Å². The molecule has 4 rings (SSSR count). The van der Waals surface area contributed by atoms with Crippen LogP contribution in [0.4, 0.5) is 0 Å². The van der Waals surface area contributed by atoms with E-state index in [1.54, 1.807) is 6.33 Å². The molecule has 1 saturated heterocycles. The van der Waals surface area contributed by atoms with E-state index in [2.05, 4.69) is 37.8 Å². The quantitative estimate of drug-likeness (QED) is 0.361. The van der Waals surface area contributed by atoms with E-state index in [9.17, 15) is 0 Å². The molecule has 1 atom stereocenters. The van der Waals surface area contributed by atoms with Crippen molar-refractivity contribution in [1.82, 2.24) is 25.4 Å². The Morgan fingerprint density at radius 1 is 1.34 bits per heavy atom. The highest BCUT2D eigenvalue weighted by molar-refractivity contribution is 14.0. The van der Waals surface area contributed by atoms with E-state index in [1.165, 1.54) is 5.56 Å². The highest BCUT2D eigenvalue weighted by Crippen LogP contribution is 2.38. The van der Waals surface area contributed by atoms with Crippen LogP contribution in [0.5, 0.6) is 0 Å². The first-order valence-electron chi connectivity index (χ1n) is 9.87. The summed E-state index contributed by atoms with van der Waals surface area (Å²) in [6.45, 7) is 3.06. The first-order chi connectivity index (χ1) is 13.7. The van der Waals surface area contributed by atoms with Crippen LogP contribution in [0.15, 0.2) is 35.6 Å². The molecule has 2 aliphatic rings. The van der Waals surface area contributed by atoms with Crippen molar-refractivity contribution in [1.29, 1.82) is 0 Å². The Morgan fingerprint density at radius 3 is 2.90 bits per heavy atom. The number of aryl methyl sites for hydroxylation is 1. The Morgan fingerprint density at radius 2 is 2.14 bits per heavy atom. The average molecular weight is 531 g/mol. The molecule has 0 aliphatic carbocycles. The zero-order valence-corrected chi connectivity index (χ0v) is 19.7. The van der Waals surface area contributed by atoms with Crippen molar-refractivity contribution in [3.63, 3.8) is 0 Å². The second-order valence-corrected chi connectivity index (χ2v) is 7.94. The Kier molecular flexibility index (Phi) is 7.75. The maximum absolute atomic E-state index is 6.56. The summed E-state index contributed by atoms with van der Waals surface area (Å²) in [5, 5.41) is 12.2. The first kappa shape index (κ1) is 22.3. The highest BCUT2D eigenvalue weighted by Gasteiger charge is 2.36. The monoisotopic (exact) mass is 530 g/mol. The summed E-state index contributed by atoms with van der Waals surface area (Å²) in [4.78, 5) is 8.74. The van der Waals surface area contributed by atoms with E-state index in [-0.39, 0.29) is 35.4 Å². The molecular formula is C20H28ClIN6O. The number of halogens is 2. The molecule has 1 aromatic carbocycles. The molecule has 1 unspecified atom stereocenters. The van der Waals surface area contributed by atoms with Gasteiger partial charge in [-0.2, -0.15) is 5.10 Å². The van der Waals surface area contributed by atoms with Crippen molar-refractivity contribution >= 4 is 41.5 Å². The molecule has 3 heterocycles. The predicted octanol–water partition coefficient (Wildman–Crippen LogP) is 2.78. The fourth-order valence-electron chi connectivity index (χ4n) is 4.19. The molecule has 1 aromatic heterocycles. The van der Waals surface area contributed by atoms with Crippen LogP contribution < -0.4 is 10.6 Å². The molecule has 9 heteroatoms. The maximum atomic E-state index is 6.56. The lowest BCUT2D eigenvalue weighted by atomic mass is 9.74. The zero-order chi connectivity index (χ0) is 19.4. The Bertz CT molecular complexity index is 836. The normalized spacial score (nSPS) is 21.0. The van der Waals surface area contributed by atoms with Crippen molar-refractivity contribution in [2.75, 3.05) is 26.8 Å². The molecule has 0 radical (unpaired) electrons. The van der Waals surface area contributed by atoms with E-state index in [0.29, 0.717) is 0 Å². The minimum absolute atomic E-state index is 0. The van der Waals surface area contributed by atoms with Gasteiger partial charge in [0.25, 0.3) is 0 Å². The van der Waals surface area contributed by atoms with Gasteiger partial charge in [0.15, 0.2) is 5.96 Å². The van der Waals surface area contributed by atoms with Crippen LogP contribution in [0.2, 0.25) is 5.02 Å². The number of hydrogen-bond donors (Lipinski definition) is 2. The summed E-state index contributed by atoms with van der Waals surface area (Å²) in [7, 11) is 1.81. The predicted molar refractivity (Wildman–Crippen MR) is 125 cm³/mol. The minimum Gasteiger partial charge on any atom is -0.381 e. The van der Waals surface area contributed by atoms with Crippen LogP contribution >= 0.6 is 35.6 Å². The van der Waals surface area contributed by atoms with Crippen molar-refractivity contribution in [3.05, 3.63) is 47.0 Å². The minimum atomic E-state index is -0.0557. The molecule has 1 fully saturated rings. The third-order valence-corrected chi connectivity index (χ3v) is 6.19. The number of aromatic nitrogens is 3. The fraction of sp³-hybridized carbons (Fsp3) is 0.550. The van der Waals surface area contributed by atoms with E-state index < -0.39 is 0 Å². The van der Waals surface area contributed by atoms with Crippen molar-refractivity contribution < 1.29 is 4.74 Å². The van der Waals surface area contributed by atoms with Crippen LogP contribution in [0.3, 0.4) is 0 Å². The first-order valence-corrected chi connectivity index (χ1v) is 10.2. The van der Waals surface area contributed by atoms with Gasteiger partial charge in [-0.15, -0.1) is 24.0 Å². The molecule has 0 bridgehead atoms. The van der Waals surface area contributed by atoms with Crippen molar-refractivity contribution in [3.8, 4) is 0 Å². The molecule has 2 aromatic rings. The number of aliphatic imine (C=N–C) groups is 1. The van der Waals surface area contributed by atoms with Gasteiger partial charge in [-0.05, 0) is 30.9 Å². The molecule has 0 saturated carbocycles. The molecule has 0 amide bonds. The Balaban J connectivity index is 0.00000240. The SMILES string of the molecule is CN=C(NCC1(c2ccccc2Cl)CCOCC1)NC1CCc2ncnn2C1.I. The van der Waals surface area contributed by atoms with Crippen LogP contribution in [0.1, 0.15) is 30.7 Å². The molecule has 2 N–H and O–H groups in total. The lowest BCUT2D eigenvalue weighted by Crippen LogP contribution is -2.51. The van der Waals surface area contributed by atoms with Gasteiger partial charge >= 0.3 is 0 Å². The van der Waals surface area contributed by atoms with Crippen LogP contribution in [-0.2, 0) is 23.1 Å². The van der Waals surface area contributed by atoms with Crippen molar-refractivity contribution in [2.45, 2.75) is 43.7 Å². The van der Waals surface area contributed by atoms with Gasteiger partial charge in [-0.1, -0.05) is 29.8 Å². The Labute approximate surface area is 193 Å².